The van der Waals surface area contributed by atoms with Crippen molar-refractivity contribution in [2.45, 2.75) is 13.0 Å². The van der Waals surface area contributed by atoms with E-state index in [0.717, 1.165) is 0 Å². The highest BCUT2D eigenvalue weighted by molar-refractivity contribution is 7.32. The quantitative estimate of drug-likeness (QED) is 0.534. The van der Waals surface area contributed by atoms with Gasteiger partial charge in [-0.15, -0.1) is 9.42 Å². The van der Waals surface area contributed by atoms with Gasteiger partial charge in [-0.25, -0.2) is 0 Å². The Morgan fingerprint density at radius 3 is 2.44 bits per heavy atom. The Bertz CT molecular complexity index is 136. The molecule has 0 aromatic rings. The van der Waals surface area contributed by atoms with Crippen LogP contribution in [0.4, 0.5) is 0 Å². The molecule has 0 saturated heterocycles. The fourth-order valence-electron chi connectivity index (χ4n) is 0.187. The molecule has 0 aromatic carbocycles. The molecule has 9 heavy (non-hydrogen) atoms. The average Bonchev–Trinajstić information content (AvgIpc) is 1.63. The molecule has 6 heteroatoms. The van der Waals surface area contributed by atoms with E-state index in [-0.39, 0.29) is 0 Å². The van der Waals surface area contributed by atoms with E-state index >= 15 is 0 Å². The molecule has 52 valence electrons. The van der Waals surface area contributed by atoms with Crippen LogP contribution in [0.1, 0.15) is 6.92 Å². The third kappa shape index (κ3) is 4.02. The highest BCUT2D eigenvalue weighted by atomic mass is 31.1. The molecule has 1 amide bonds. The molecule has 0 spiro atoms. The van der Waals surface area contributed by atoms with Gasteiger partial charge in [-0.3, -0.25) is 4.79 Å². The molecule has 0 aliphatic heterocycles. The number of carbonyl (C=O) groups is 1. The molecule has 0 heterocycles. The minimum Gasteiger partial charge on any atom is -0.367 e. The topological polar surface area (TPSA) is 89.6 Å². The number of hydrogen-bond donors (Lipinski definition) is 2. The van der Waals surface area contributed by atoms with E-state index < -0.39 is 20.3 Å². The predicted octanol–water partition coefficient (Wildman–Crippen LogP) is -0.473. The predicted molar refractivity (Wildman–Crippen MR) is 29.6 cm³/mol. The molecule has 0 saturated carbocycles. The lowest BCUT2D eigenvalue weighted by Gasteiger charge is -1.93. The van der Waals surface area contributed by atoms with Crippen molar-refractivity contribution >= 4 is 14.2 Å². The molecule has 0 bridgehead atoms. The van der Waals surface area contributed by atoms with Crippen LogP contribution in [0.5, 0.6) is 0 Å². The second kappa shape index (κ2) is 3.50. The summed E-state index contributed by atoms with van der Waals surface area (Å²) in [6.45, 7) is 1.30. The zero-order valence-electron chi connectivity index (χ0n) is 4.77. The van der Waals surface area contributed by atoms with Crippen LogP contribution >= 0.6 is 8.25 Å². The maximum atomic E-state index is 10.1. The average molecular weight is 152 g/mol. The van der Waals surface area contributed by atoms with Gasteiger partial charge in [0.2, 0.25) is 0 Å². The summed E-state index contributed by atoms with van der Waals surface area (Å²) in [5.74, 6) is -0.757. The Morgan fingerprint density at radius 2 is 2.33 bits per heavy atom. The second-order valence-corrected chi connectivity index (χ2v) is 2.07. The molecule has 0 radical (unpaired) electrons. The first-order chi connectivity index (χ1) is 4.04. The molecule has 3 N–H and O–H groups in total. The Morgan fingerprint density at radius 1 is 1.89 bits per heavy atom. The molecular weight excluding hydrogens is 145 g/mol. The summed E-state index contributed by atoms with van der Waals surface area (Å²) in [4.78, 5) is 18.1. The van der Waals surface area contributed by atoms with Crippen molar-refractivity contribution in [3.05, 3.63) is 0 Å². The van der Waals surface area contributed by atoms with E-state index in [1.165, 1.54) is 6.92 Å². The normalized spacial score (nSPS) is 14.7. The zero-order chi connectivity index (χ0) is 7.44. The van der Waals surface area contributed by atoms with Crippen LogP contribution in [0.2, 0.25) is 0 Å². The lowest BCUT2D eigenvalue weighted by molar-refractivity contribution is -0.124. The van der Waals surface area contributed by atoms with Crippen LogP contribution in [-0.2, 0) is 13.9 Å². The number of rotatable bonds is 3. The number of amides is 1. The largest absolute Gasteiger partial charge is 0.695 e. The van der Waals surface area contributed by atoms with E-state index in [2.05, 4.69) is 10.3 Å². The molecule has 0 fully saturated rings. The van der Waals surface area contributed by atoms with Crippen LogP contribution in [0.25, 0.3) is 0 Å². The zero-order valence-corrected chi connectivity index (χ0v) is 5.67. The van der Waals surface area contributed by atoms with E-state index in [1.807, 2.05) is 0 Å². The Balaban J connectivity index is 3.63. The third-order valence-electron chi connectivity index (χ3n) is 0.649. The van der Waals surface area contributed by atoms with Gasteiger partial charge in [0, 0.05) is 4.57 Å². The van der Waals surface area contributed by atoms with Gasteiger partial charge in [-0.1, -0.05) is 0 Å². The molecular formula is C3H7NO4P+. The highest BCUT2D eigenvalue weighted by Gasteiger charge is 2.22. The van der Waals surface area contributed by atoms with Crippen LogP contribution in [0.3, 0.4) is 0 Å². The summed E-state index contributed by atoms with van der Waals surface area (Å²) < 4.78 is 13.9. The lowest BCUT2D eigenvalue weighted by Crippen LogP contribution is -2.26. The van der Waals surface area contributed by atoms with Crippen molar-refractivity contribution in [1.29, 1.82) is 0 Å². The van der Waals surface area contributed by atoms with Gasteiger partial charge in [0.05, 0.1) is 0 Å². The van der Waals surface area contributed by atoms with E-state index in [1.54, 1.807) is 0 Å². The number of primary amides is 1. The maximum Gasteiger partial charge on any atom is 0.695 e. The molecule has 2 unspecified atom stereocenters. The molecule has 0 aliphatic carbocycles. The minimum absolute atomic E-state index is 0.757. The highest BCUT2D eigenvalue weighted by Crippen LogP contribution is 2.16. The summed E-state index contributed by atoms with van der Waals surface area (Å²) >= 11 is 0. The fourth-order valence-corrected chi connectivity index (χ4v) is 0.562. The fraction of sp³-hybridized carbons (Fsp3) is 0.667. The Kier molecular flexibility index (Phi) is 3.30. The van der Waals surface area contributed by atoms with Crippen LogP contribution in [0.15, 0.2) is 0 Å². The number of hydrogen-bond acceptors (Lipinski definition) is 3. The minimum atomic E-state index is -2.72. The smallest absolute Gasteiger partial charge is 0.367 e. The van der Waals surface area contributed by atoms with Crippen molar-refractivity contribution in [2.75, 3.05) is 0 Å². The van der Waals surface area contributed by atoms with Crippen molar-refractivity contribution in [3.63, 3.8) is 0 Å². The van der Waals surface area contributed by atoms with Gasteiger partial charge in [0.25, 0.3) is 5.91 Å². The molecule has 0 aliphatic rings. The number of carbonyl (C=O) groups excluding carboxylic acids is 1. The summed E-state index contributed by atoms with van der Waals surface area (Å²) in [5.41, 5.74) is 4.68. The Labute approximate surface area is 52.8 Å². The third-order valence-corrected chi connectivity index (χ3v) is 1.15. The standard InChI is InChI=1S/C3H6NO4P/c1-2(3(4)5)8-9(6)7/h2H,1H3,(H2-,4,5,6,7)/p+1. The first kappa shape index (κ1) is 8.49. The van der Waals surface area contributed by atoms with Crippen LogP contribution < -0.4 is 5.73 Å². The van der Waals surface area contributed by atoms with Crippen molar-refractivity contribution in [1.82, 2.24) is 0 Å². The van der Waals surface area contributed by atoms with Gasteiger partial charge >= 0.3 is 8.25 Å². The van der Waals surface area contributed by atoms with Gasteiger partial charge in [-0.05, 0) is 6.92 Å². The van der Waals surface area contributed by atoms with Gasteiger partial charge in [0.15, 0.2) is 6.10 Å². The first-order valence-corrected chi connectivity index (χ1v) is 3.29. The van der Waals surface area contributed by atoms with Crippen LogP contribution in [0, 0.1) is 0 Å². The van der Waals surface area contributed by atoms with Crippen LogP contribution in [-0.4, -0.2) is 16.9 Å². The summed E-state index contributed by atoms with van der Waals surface area (Å²) in [7, 11) is -2.72. The molecule has 2 atom stereocenters. The lowest BCUT2D eigenvalue weighted by atomic mass is 10.4. The molecule has 0 rings (SSSR count). The summed E-state index contributed by atoms with van der Waals surface area (Å²) in [6.07, 6.45) is -1.00. The van der Waals surface area contributed by atoms with E-state index in [4.69, 9.17) is 4.89 Å². The maximum absolute atomic E-state index is 10.1. The molecule has 5 nitrogen and oxygen atoms in total. The van der Waals surface area contributed by atoms with Gasteiger partial charge in [0.1, 0.15) is 0 Å². The van der Waals surface area contributed by atoms with Crippen molar-refractivity contribution in [3.8, 4) is 0 Å². The summed E-state index contributed by atoms with van der Waals surface area (Å²) in [5, 5.41) is 0. The second-order valence-electron chi connectivity index (χ2n) is 1.39. The Hall–Kier alpha value is -0.510. The van der Waals surface area contributed by atoms with E-state index in [9.17, 15) is 9.36 Å². The first-order valence-electron chi connectivity index (χ1n) is 2.16. The van der Waals surface area contributed by atoms with Gasteiger partial charge < -0.3 is 5.73 Å². The molecule has 0 aromatic heterocycles. The SMILES string of the molecule is CC(O[P+](=O)O)C(N)=O. The summed E-state index contributed by atoms with van der Waals surface area (Å²) in [6, 6.07) is 0. The monoisotopic (exact) mass is 152 g/mol. The van der Waals surface area contributed by atoms with E-state index in [0.29, 0.717) is 0 Å². The van der Waals surface area contributed by atoms with Crippen molar-refractivity contribution in [2.24, 2.45) is 5.73 Å². The van der Waals surface area contributed by atoms with Gasteiger partial charge in [-0.2, -0.15) is 0 Å². The number of nitrogens with two attached hydrogens (primary N) is 1. The van der Waals surface area contributed by atoms with Crippen molar-refractivity contribution < 1.29 is 18.8 Å².